The van der Waals surface area contributed by atoms with E-state index in [0.29, 0.717) is 22.2 Å². The minimum atomic E-state index is -0.552. The van der Waals surface area contributed by atoms with Gasteiger partial charge in [-0.3, -0.25) is 19.3 Å². The Labute approximate surface area is 201 Å². The summed E-state index contributed by atoms with van der Waals surface area (Å²) in [5.41, 5.74) is 2.39. The first-order chi connectivity index (χ1) is 15.3. The van der Waals surface area contributed by atoms with Gasteiger partial charge in [0.1, 0.15) is 18.1 Å². The van der Waals surface area contributed by atoms with Crippen LogP contribution in [0.15, 0.2) is 68.4 Å². The predicted molar refractivity (Wildman–Crippen MR) is 129 cm³/mol. The SMILES string of the molecule is Cc1ccc(-c2ccc(/C=C3\SC(=O)N(CC(=O)Nc4ccccc4Cl)C3=O)o2)c(Br)c1. The zero-order chi connectivity index (χ0) is 22.8. The number of halogens is 2. The molecule has 1 aliphatic rings. The van der Waals surface area contributed by atoms with E-state index in [1.165, 1.54) is 6.08 Å². The Bertz CT molecular complexity index is 1270. The number of nitrogens with zero attached hydrogens (tertiary/aromatic N) is 1. The molecule has 2 heterocycles. The maximum Gasteiger partial charge on any atom is 0.294 e. The molecule has 1 N–H and O–H groups in total. The van der Waals surface area contributed by atoms with Gasteiger partial charge in [0.25, 0.3) is 11.1 Å². The molecule has 4 rings (SSSR count). The summed E-state index contributed by atoms with van der Waals surface area (Å²) in [5, 5.41) is 2.44. The van der Waals surface area contributed by atoms with E-state index in [9.17, 15) is 14.4 Å². The minimum absolute atomic E-state index is 0.185. The largest absolute Gasteiger partial charge is 0.457 e. The third-order valence-corrected chi connectivity index (χ3v) is 6.51. The standard InChI is InChI=1S/C23H16BrClN2O4S/c1-13-6-8-15(16(24)10-13)19-9-7-14(31-19)11-20-22(29)27(23(30)32-20)12-21(28)26-18-5-3-2-4-17(18)25/h2-11H,12H2,1H3,(H,26,28)/b20-11-. The van der Waals surface area contributed by atoms with Crippen molar-refractivity contribution < 1.29 is 18.8 Å². The Kier molecular flexibility index (Phi) is 6.55. The zero-order valence-electron chi connectivity index (χ0n) is 16.7. The third kappa shape index (κ3) is 4.82. The van der Waals surface area contributed by atoms with Gasteiger partial charge >= 0.3 is 0 Å². The van der Waals surface area contributed by atoms with Gasteiger partial charge in [0, 0.05) is 16.1 Å². The van der Waals surface area contributed by atoms with Gasteiger partial charge in [-0.2, -0.15) is 0 Å². The molecule has 0 unspecified atom stereocenters. The normalized spacial score (nSPS) is 15.0. The molecular weight excluding hydrogens is 516 g/mol. The fourth-order valence-electron chi connectivity index (χ4n) is 3.06. The molecule has 0 radical (unpaired) electrons. The second-order valence-electron chi connectivity index (χ2n) is 6.98. The molecule has 3 amide bonds. The average Bonchev–Trinajstić information content (AvgIpc) is 3.30. The molecule has 3 aromatic rings. The van der Waals surface area contributed by atoms with Crippen molar-refractivity contribution in [1.29, 1.82) is 0 Å². The van der Waals surface area contributed by atoms with Crippen LogP contribution < -0.4 is 5.32 Å². The van der Waals surface area contributed by atoms with Crippen LogP contribution in [0.25, 0.3) is 17.4 Å². The van der Waals surface area contributed by atoms with Gasteiger partial charge in [0.15, 0.2) is 0 Å². The number of carbonyl (C=O) groups excluding carboxylic acids is 3. The highest BCUT2D eigenvalue weighted by Crippen LogP contribution is 2.35. The molecule has 1 saturated heterocycles. The summed E-state index contributed by atoms with van der Waals surface area (Å²) in [6.45, 7) is 1.58. The lowest BCUT2D eigenvalue weighted by Crippen LogP contribution is -2.36. The Morgan fingerprint density at radius 2 is 1.97 bits per heavy atom. The molecular formula is C23H16BrClN2O4S. The summed E-state index contributed by atoms with van der Waals surface area (Å²) in [6.07, 6.45) is 1.50. The molecule has 0 aliphatic carbocycles. The molecule has 32 heavy (non-hydrogen) atoms. The van der Waals surface area contributed by atoms with Crippen LogP contribution in [0.4, 0.5) is 10.5 Å². The molecule has 0 saturated carbocycles. The van der Waals surface area contributed by atoms with Gasteiger partial charge in [0.2, 0.25) is 5.91 Å². The van der Waals surface area contributed by atoms with Crippen LogP contribution in [0.5, 0.6) is 0 Å². The van der Waals surface area contributed by atoms with E-state index in [4.69, 9.17) is 16.0 Å². The smallest absolute Gasteiger partial charge is 0.294 e. The highest BCUT2D eigenvalue weighted by atomic mass is 79.9. The molecule has 6 nitrogen and oxygen atoms in total. The monoisotopic (exact) mass is 530 g/mol. The number of rotatable bonds is 5. The molecule has 9 heteroatoms. The molecule has 0 bridgehead atoms. The molecule has 162 valence electrons. The van der Waals surface area contributed by atoms with E-state index in [-0.39, 0.29) is 4.91 Å². The number of benzene rings is 2. The van der Waals surface area contributed by atoms with E-state index < -0.39 is 23.6 Å². The van der Waals surface area contributed by atoms with Crippen molar-refractivity contribution in [3.8, 4) is 11.3 Å². The van der Waals surface area contributed by atoms with Crippen LogP contribution in [-0.2, 0) is 9.59 Å². The summed E-state index contributed by atoms with van der Waals surface area (Å²) in [6, 6.07) is 16.1. The summed E-state index contributed by atoms with van der Waals surface area (Å²) in [7, 11) is 0. The lowest BCUT2D eigenvalue weighted by Gasteiger charge is -2.13. The number of nitrogens with one attached hydrogen (secondary N) is 1. The highest BCUT2D eigenvalue weighted by molar-refractivity contribution is 9.10. The number of furan rings is 1. The maximum atomic E-state index is 12.7. The van der Waals surface area contributed by atoms with Crippen LogP contribution in [0.2, 0.25) is 5.02 Å². The van der Waals surface area contributed by atoms with Gasteiger partial charge in [-0.1, -0.05) is 45.7 Å². The summed E-state index contributed by atoms with van der Waals surface area (Å²) in [4.78, 5) is 38.4. The van der Waals surface area contributed by atoms with E-state index in [1.807, 2.05) is 25.1 Å². The van der Waals surface area contributed by atoms with Crippen molar-refractivity contribution in [2.24, 2.45) is 0 Å². The summed E-state index contributed by atoms with van der Waals surface area (Å²) in [5.74, 6) is -0.0186. The van der Waals surface area contributed by atoms with Crippen molar-refractivity contribution in [3.05, 3.63) is 80.3 Å². The lowest BCUT2D eigenvalue weighted by atomic mass is 10.1. The van der Waals surface area contributed by atoms with Gasteiger partial charge < -0.3 is 9.73 Å². The van der Waals surface area contributed by atoms with Crippen LogP contribution in [0.1, 0.15) is 11.3 Å². The summed E-state index contributed by atoms with van der Waals surface area (Å²) >= 11 is 10.3. The number of aryl methyl sites for hydroxylation is 1. The van der Waals surface area contributed by atoms with Crippen molar-refractivity contribution >= 4 is 68.1 Å². The number of hydrogen-bond acceptors (Lipinski definition) is 5. The first-order valence-electron chi connectivity index (χ1n) is 9.48. The van der Waals surface area contributed by atoms with Gasteiger partial charge in [0.05, 0.1) is 15.6 Å². The molecule has 1 fully saturated rings. The Morgan fingerprint density at radius 3 is 2.72 bits per heavy atom. The van der Waals surface area contributed by atoms with Crippen molar-refractivity contribution in [2.75, 3.05) is 11.9 Å². The fourth-order valence-corrected chi connectivity index (χ4v) is 4.75. The molecule has 2 aromatic carbocycles. The van der Waals surface area contributed by atoms with Gasteiger partial charge in [-0.25, -0.2) is 0 Å². The first-order valence-corrected chi connectivity index (χ1v) is 11.5. The second-order valence-corrected chi connectivity index (χ2v) is 9.24. The van der Waals surface area contributed by atoms with Gasteiger partial charge in [-0.05, 0) is 60.6 Å². The van der Waals surface area contributed by atoms with Crippen LogP contribution >= 0.6 is 39.3 Å². The Hall–Kier alpha value is -2.81. The van der Waals surface area contributed by atoms with E-state index in [1.54, 1.807) is 36.4 Å². The number of hydrogen-bond donors (Lipinski definition) is 1. The first kappa shape index (κ1) is 22.4. The second kappa shape index (κ2) is 9.36. The van der Waals surface area contributed by atoms with E-state index in [0.717, 1.165) is 32.3 Å². The number of thioether (sulfide) groups is 1. The molecule has 0 atom stereocenters. The van der Waals surface area contributed by atoms with Crippen LogP contribution in [0, 0.1) is 6.92 Å². The average molecular weight is 532 g/mol. The van der Waals surface area contributed by atoms with E-state index >= 15 is 0 Å². The summed E-state index contributed by atoms with van der Waals surface area (Å²) < 4.78 is 6.74. The van der Waals surface area contributed by atoms with Crippen molar-refractivity contribution in [1.82, 2.24) is 4.90 Å². The molecule has 1 aliphatic heterocycles. The van der Waals surface area contributed by atoms with Crippen LogP contribution in [0.3, 0.4) is 0 Å². The predicted octanol–water partition coefficient (Wildman–Crippen LogP) is 6.35. The number of anilines is 1. The lowest BCUT2D eigenvalue weighted by molar-refractivity contribution is -0.127. The number of amides is 3. The fraction of sp³-hybridized carbons (Fsp3) is 0.0870. The number of para-hydroxylation sites is 1. The molecule has 1 aromatic heterocycles. The molecule has 0 spiro atoms. The van der Waals surface area contributed by atoms with Crippen molar-refractivity contribution in [2.45, 2.75) is 6.92 Å². The quantitative estimate of drug-likeness (QED) is 0.388. The topological polar surface area (TPSA) is 79.6 Å². The van der Waals surface area contributed by atoms with Gasteiger partial charge in [-0.15, -0.1) is 0 Å². The Morgan fingerprint density at radius 1 is 1.19 bits per heavy atom. The van der Waals surface area contributed by atoms with Crippen molar-refractivity contribution in [3.63, 3.8) is 0 Å². The Balaban J connectivity index is 1.47. The zero-order valence-corrected chi connectivity index (χ0v) is 19.9. The van der Waals surface area contributed by atoms with Crippen LogP contribution in [-0.4, -0.2) is 28.5 Å². The highest BCUT2D eigenvalue weighted by Gasteiger charge is 2.36. The minimum Gasteiger partial charge on any atom is -0.457 e. The third-order valence-electron chi connectivity index (χ3n) is 4.61. The van der Waals surface area contributed by atoms with E-state index in [2.05, 4.69) is 21.2 Å². The number of carbonyl (C=O) groups is 3. The number of imide groups is 1. The maximum absolute atomic E-state index is 12.7.